The number of hydrogen-bond donors (Lipinski definition) is 1. The molecule has 0 aliphatic carbocycles. The van der Waals surface area contributed by atoms with E-state index in [2.05, 4.69) is 24.3 Å². The highest BCUT2D eigenvalue weighted by molar-refractivity contribution is 6.04. The highest BCUT2D eigenvalue weighted by Gasteiger charge is 2.20. The van der Waals surface area contributed by atoms with Crippen molar-refractivity contribution in [3.05, 3.63) is 82.2 Å². The van der Waals surface area contributed by atoms with Gasteiger partial charge in [-0.3, -0.25) is 9.59 Å². The van der Waals surface area contributed by atoms with Crippen molar-refractivity contribution in [2.75, 3.05) is 5.32 Å². The first-order chi connectivity index (χ1) is 13.8. The quantitative estimate of drug-likeness (QED) is 0.647. The standard InChI is InChI=1S/C24H27N3O2/c1-6-16(3)22-17(4)26-27(18(22)5)24(29)19-10-12-21(13-11-19)25-23(28)20-9-7-8-15(2)14-20/h7-14,16H,6H2,1-5H3,(H,25,28). The number of amides is 1. The number of aromatic nitrogens is 2. The minimum Gasteiger partial charge on any atom is -0.322 e. The first-order valence-corrected chi connectivity index (χ1v) is 9.90. The van der Waals surface area contributed by atoms with Crippen molar-refractivity contribution in [3.63, 3.8) is 0 Å². The summed E-state index contributed by atoms with van der Waals surface area (Å²) >= 11 is 0. The maximum atomic E-state index is 12.9. The van der Waals surface area contributed by atoms with E-state index in [4.69, 9.17) is 0 Å². The van der Waals surface area contributed by atoms with Crippen LogP contribution in [0, 0.1) is 20.8 Å². The monoisotopic (exact) mass is 389 g/mol. The largest absolute Gasteiger partial charge is 0.322 e. The summed E-state index contributed by atoms with van der Waals surface area (Å²) in [5.74, 6) is 0.0111. The van der Waals surface area contributed by atoms with E-state index in [1.54, 1.807) is 30.3 Å². The Bertz CT molecular complexity index is 1050. The van der Waals surface area contributed by atoms with Gasteiger partial charge in [0.1, 0.15) is 0 Å². The van der Waals surface area contributed by atoms with E-state index in [1.165, 1.54) is 4.68 Å². The highest BCUT2D eigenvalue weighted by Crippen LogP contribution is 2.26. The molecule has 0 radical (unpaired) electrons. The molecule has 5 heteroatoms. The number of carbonyl (C=O) groups excluding carboxylic acids is 2. The van der Waals surface area contributed by atoms with Gasteiger partial charge in [0.15, 0.2) is 0 Å². The fraction of sp³-hybridized carbons (Fsp3) is 0.292. The average molecular weight is 389 g/mol. The van der Waals surface area contributed by atoms with E-state index >= 15 is 0 Å². The van der Waals surface area contributed by atoms with Crippen LogP contribution in [0.2, 0.25) is 0 Å². The maximum Gasteiger partial charge on any atom is 0.278 e. The number of aryl methyl sites for hydroxylation is 2. The fourth-order valence-corrected chi connectivity index (χ4v) is 3.58. The molecule has 1 unspecified atom stereocenters. The van der Waals surface area contributed by atoms with Crippen molar-refractivity contribution in [1.82, 2.24) is 9.78 Å². The molecular formula is C24H27N3O2. The minimum atomic E-state index is -0.176. The van der Waals surface area contributed by atoms with Crippen LogP contribution in [0.15, 0.2) is 48.5 Å². The van der Waals surface area contributed by atoms with E-state index in [9.17, 15) is 9.59 Å². The third-order valence-corrected chi connectivity index (χ3v) is 5.31. The molecule has 29 heavy (non-hydrogen) atoms. The second-order valence-electron chi connectivity index (χ2n) is 7.51. The van der Waals surface area contributed by atoms with Crippen LogP contribution in [0.5, 0.6) is 0 Å². The van der Waals surface area contributed by atoms with Gasteiger partial charge in [-0.2, -0.15) is 5.10 Å². The third-order valence-electron chi connectivity index (χ3n) is 5.31. The molecule has 0 spiro atoms. The Labute approximate surface area is 171 Å². The van der Waals surface area contributed by atoms with Gasteiger partial charge in [-0.05, 0) is 75.1 Å². The SMILES string of the molecule is CCC(C)c1c(C)nn(C(=O)c2ccc(NC(=O)c3cccc(C)c3)cc2)c1C. The molecule has 5 nitrogen and oxygen atoms in total. The van der Waals surface area contributed by atoms with E-state index in [1.807, 2.05) is 39.0 Å². The Morgan fingerprint density at radius 3 is 2.34 bits per heavy atom. The Morgan fingerprint density at radius 2 is 1.72 bits per heavy atom. The molecule has 0 aliphatic rings. The van der Waals surface area contributed by atoms with E-state index in [0.29, 0.717) is 22.7 Å². The third kappa shape index (κ3) is 4.29. The number of carbonyl (C=O) groups is 2. The van der Waals surface area contributed by atoms with Gasteiger partial charge < -0.3 is 5.32 Å². The zero-order chi connectivity index (χ0) is 21.1. The van der Waals surface area contributed by atoms with Crippen molar-refractivity contribution >= 4 is 17.5 Å². The molecule has 3 aromatic rings. The topological polar surface area (TPSA) is 64.0 Å². The highest BCUT2D eigenvalue weighted by atomic mass is 16.2. The molecule has 1 aromatic heterocycles. The summed E-state index contributed by atoms with van der Waals surface area (Å²) in [6, 6.07) is 14.3. The minimum absolute atomic E-state index is 0.170. The van der Waals surface area contributed by atoms with Crippen LogP contribution in [-0.4, -0.2) is 21.6 Å². The van der Waals surface area contributed by atoms with Gasteiger partial charge in [0.25, 0.3) is 11.8 Å². The number of nitrogens with one attached hydrogen (secondary N) is 1. The normalized spacial score (nSPS) is 11.9. The molecule has 0 saturated carbocycles. The first-order valence-electron chi connectivity index (χ1n) is 9.90. The number of hydrogen-bond acceptors (Lipinski definition) is 3. The van der Waals surface area contributed by atoms with Crippen LogP contribution < -0.4 is 5.32 Å². The van der Waals surface area contributed by atoms with Crippen LogP contribution in [-0.2, 0) is 0 Å². The second kappa shape index (κ2) is 8.43. The van der Waals surface area contributed by atoms with Gasteiger partial charge in [-0.25, -0.2) is 4.68 Å². The van der Waals surface area contributed by atoms with Gasteiger partial charge >= 0.3 is 0 Å². The molecule has 3 rings (SSSR count). The number of nitrogens with zero attached hydrogens (tertiary/aromatic N) is 2. The lowest BCUT2D eigenvalue weighted by Crippen LogP contribution is -2.16. The van der Waals surface area contributed by atoms with Crippen LogP contribution in [0.1, 0.15) is 69.4 Å². The van der Waals surface area contributed by atoms with Gasteiger partial charge in [-0.15, -0.1) is 0 Å². The lowest BCUT2D eigenvalue weighted by Gasteiger charge is -2.10. The Hall–Kier alpha value is -3.21. The smallest absolute Gasteiger partial charge is 0.278 e. The van der Waals surface area contributed by atoms with E-state index in [0.717, 1.165) is 28.9 Å². The van der Waals surface area contributed by atoms with Crippen molar-refractivity contribution in [2.45, 2.75) is 47.0 Å². The van der Waals surface area contributed by atoms with E-state index < -0.39 is 0 Å². The molecule has 1 atom stereocenters. The Morgan fingerprint density at radius 1 is 1.03 bits per heavy atom. The summed E-state index contributed by atoms with van der Waals surface area (Å²) in [7, 11) is 0. The lowest BCUT2D eigenvalue weighted by atomic mass is 9.97. The molecule has 0 saturated heterocycles. The zero-order valence-electron chi connectivity index (χ0n) is 17.6. The predicted molar refractivity (Wildman–Crippen MR) is 116 cm³/mol. The van der Waals surface area contributed by atoms with E-state index in [-0.39, 0.29) is 11.8 Å². The fourth-order valence-electron chi connectivity index (χ4n) is 3.58. The summed E-state index contributed by atoms with van der Waals surface area (Å²) in [5, 5.41) is 7.34. The van der Waals surface area contributed by atoms with Gasteiger partial charge in [0.05, 0.1) is 5.69 Å². The molecule has 0 fully saturated rings. The van der Waals surface area contributed by atoms with Crippen molar-refractivity contribution in [2.24, 2.45) is 0 Å². The molecular weight excluding hydrogens is 362 g/mol. The Kier molecular flexibility index (Phi) is 5.97. The number of rotatable bonds is 5. The molecule has 150 valence electrons. The lowest BCUT2D eigenvalue weighted by molar-refractivity contribution is 0.0941. The van der Waals surface area contributed by atoms with Crippen LogP contribution in [0.4, 0.5) is 5.69 Å². The van der Waals surface area contributed by atoms with Crippen molar-refractivity contribution in [1.29, 1.82) is 0 Å². The zero-order valence-corrected chi connectivity index (χ0v) is 17.6. The molecule has 1 heterocycles. The van der Waals surface area contributed by atoms with Gasteiger partial charge in [0.2, 0.25) is 0 Å². The second-order valence-corrected chi connectivity index (χ2v) is 7.51. The van der Waals surface area contributed by atoms with Crippen molar-refractivity contribution < 1.29 is 9.59 Å². The van der Waals surface area contributed by atoms with Crippen LogP contribution >= 0.6 is 0 Å². The molecule has 0 aliphatic heterocycles. The summed E-state index contributed by atoms with van der Waals surface area (Å²) in [5.41, 5.74) is 5.72. The molecule has 1 N–H and O–H groups in total. The summed E-state index contributed by atoms with van der Waals surface area (Å²) < 4.78 is 1.48. The van der Waals surface area contributed by atoms with Crippen LogP contribution in [0.3, 0.4) is 0 Å². The van der Waals surface area contributed by atoms with Gasteiger partial charge in [-0.1, -0.05) is 31.5 Å². The first kappa shape index (κ1) is 20.5. The maximum absolute atomic E-state index is 12.9. The molecule has 0 bridgehead atoms. The van der Waals surface area contributed by atoms with Gasteiger partial charge in [0, 0.05) is 22.5 Å². The van der Waals surface area contributed by atoms with Crippen molar-refractivity contribution in [3.8, 4) is 0 Å². The van der Waals surface area contributed by atoms with Crippen LogP contribution in [0.25, 0.3) is 0 Å². The Balaban J connectivity index is 1.78. The average Bonchev–Trinajstić information content (AvgIpc) is 3.01. The molecule has 2 aromatic carbocycles. The summed E-state index contributed by atoms with van der Waals surface area (Å²) in [6.45, 7) is 10.1. The number of benzene rings is 2. The predicted octanol–water partition coefficient (Wildman–Crippen LogP) is 5.26. The summed E-state index contributed by atoms with van der Waals surface area (Å²) in [6.07, 6.45) is 0.997. The molecule has 1 amide bonds. The number of anilines is 1. The summed E-state index contributed by atoms with van der Waals surface area (Å²) in [4.78, 5) is 25.3.